The molecule has 0 spiro atoms. The van der Waals surface area contributed by atoms with Crippen molar-refractivity contribution in [2.24, 2.45) is 5.92 Å². The van der Waals surface area contributed by atoms with Gasteiger partial charge in [0.05, 0.1) is 18.6 Å². The molecule has 2 atom stereocenters. The van der Waals surface area contributed by atoms with Gasteiger partial charge in [0.1, 0.15) is 11.9 Å². The van der Waals surface area contributed by atoms with Gasteiger partial charge in [-0.05, 0) is 32.0 Å². The fraction of sp³-hybridized carbons (Fsp3) is 0.385. The summed E-state index contributed by atoms with van der Waals surface area (Å²) >= 11 is 0. The van der Waals surface area contributed by atoms with Gasteiger partial charge in [-0.25, -0.2) is 4.39 Å². The van der Waals surface area contributed by atoms with Crippen molar-refractivity contribution in [2.75, 3.05) is 12.4 Å². The van der Waals surface area contributed by atoms with Crippen LogP contribution in [0.5, 0.6) is 0 Å². The standard InChI is InChI=1S/C13H15FN2O2/c1-8(13(17)18-3)9(2)16-11-4-5-12(14)10(6-11)7-15/h4-6,8-9,16H,1-3H3. The number of methoxy groups -OCH3 is 1. The molecule has 0 saturated heterocycles. The predicted octanol–water partition coefficient (Wildman–Crippen LogP) is 2.31. The number of hydrogen-bond acceptors (Lipinski definition) is 4. The molecule has 1 N–H and O–H groups in total. The number of ether oxygens (including phenoxy) is 1. The normalized spacial score (nSPS) is 13.3. The Hall–Kier alpha value is -2.09. The van der Waals surface area contributed by atoms with Gasteiger partial charge in [-0.2, -0.15) is 5.26 Å². The summed E-state index contributed by atoms with van der Waals surface area (Å²) in [5.41, 5.74) is 0.564. The van der Waals surface area contributed by atoms with E-state index in [0.717, 1.165) is 0 Å². The summed E-state index contributed by atoms with van der Waals surface area (Å²) in [7, 11) is 1.33. The van der Waals surface area contributed by atoms with Crippen LogP contribution in [0.15, 0.2) is 18.2 Å². The van der Waals surface area contributed by atoms with E-state index in [1.165, 1.54) is 25.3 Å². The van der Waals surface area contributed by atoms with E-state index < -0.39 is 5.82 Å². The fourth-order valence-electron chi connectivity index (χ4n) is 1.48. The second-order valence-corrected chi connectivity index (χ2v) is 4.05. The van der Waals surface area contributed by atoms with Crippen molar-refractivity contribution in [1.82, 2.24) is 0 Å². The first-order valence-electron chi connectivity index (χ1n) is 5.53. The molecule has 0 fully saturated rings. The first kappa shape index (κ1) is 14.0. The third-order valence-electron chi connectivity index (χ3n) is 2.80. The quantitative estimate of drug-likeness (QED) is 0.833. The lowest BCUT2D eigenvalue weighted by Crippen LogP contribution is -2.30. The second-order valence-electron chi connectivity index (χ2n) is 4.05. The van der Waals surface area contributed by atoms with E-state index in [4.69, 9.17) is 5.26 Å². The molecule has 0 heterocycles. The first-order chi connectivity index (χ1) is 8.49. The highest BCUT2D eigenvalue weighted by Crippen LogP contribution is 2.17. The van der Waals surface area contributed by atoms with Gasteiger partial charge in [0.15, 0.2) is 0 Å². The zero-order valence-electron chi connectivity index (χ0n) is 10.5. The highest BCUT2D eigenvalue weighted by atomic mass is 19.1. The van der Waals surface area contributed by atoms with Gasteiger partial charge in [0.25, 0.3) is 0 Å². The number of hydrogen-bond donors (Lipinski definition) is 1. The van der Waals surface area contributed by atoms with E-state index in [1.54, 1.807) is 13.0 Å². The Morgan fingerprint density at radius 2 is 2.17 bits per heavy atom. The number of nitrogens with zero attached hydrogens (tertiary/aromatic N) is 1. The van der Waals surface area contributed by atoms with E-state index in [2.05, 4.69) is 10.1 Å². The number of halogens is 1. The Morgan fingerprint density at radius 1 is 1.50 bits per heavy atom. The monoisotopic (exact) mass is 250 g/mol. The van der Waals surface area contributed by atoms with Gasteiger partial charge < -0.3 is 10.1 Å². The van der Waals surface area contributed by atoms with Gasteiger partial charge in [0, 0.05) is 11.7 Å². The van der Waals surface area contributed by atoms with Crippen LogP contribution < -0.4 is 5.32 Å². The number of carbonyl (C=O) groups is 1. The average Bonchev–Trinajstić information content (AvgIpc) is 2.38. The molecule has 1 aromatic carbocycles. The number of esters is 1. The number of nitriles is 1. The summed E-state index contributed by atoms with van der Waals surface area (Å²) in [4.78, 5) is 11.3. The third kappa shape index (κ3) is 3.20. The minimum absolute atomic E-state index is 0.0297. The molecule has 0 aromatic heterocycles. The lowest BCUT2D eigenvalue weighted by atomic mass is 10.0. The van der Waals surface area contributed by atoms with Crippen molar-refractivity contribution in [3.05, 3.63) is 29.6 Å². The van der Waals surface area contributed by atoms with Crippen LogP contribution in [0.25, 0.3) is 0 Å². The molecule has 96 valence electrons. The summed E-state index contributed by atoms with van der Waals surface area (Å²) < 4.78 is 17.8. The first-order valence-corrected chi connectivity index (χ1v) is 5.53. The summed E-state index contributed by atoms with van der Waals surface area (Å²) in [6, 6.07) is 5.74. The molecule has 0 saturated carbocycles. The number of rotatable bonds is 4. The highest BCUT2D eigenvalue weighted by molar-refractivity contribution is 5.73. The molecule has 1 aromatic rings. The summed E-state index contributed by atoms with van der Waals surface area (Å²) in [5, 5.41) is 11.8. The van der Waals surface area contributed by atoms with Crippen LogP contribution in [0.3, 0.4) is 0 Å². The molecule has 18 heavy (non-hydrogen) atoms. The van der Waals surface area contributed by atoms with E-state index in [9.17, 15) is 9.18 Å². The minimum Gasteiger partial charge on any atom is -0.469 e. The van der Waals surface area contributed by atoms with Gasteiger partial charge in [-0.1, -0.05) is 0 Å². The molecule has 0 aliphatic rings. The number of anilines is 1. The number of carbonyl (C=O) groups excluding carboxylic acids is 1. The predicted molar refractivity (Wildman–Crippen MR) is 65.4 cm³/mol. The smallest absolute Gasteiger partial charge is 0.310 e. The molecule has 5 heteroatoms. The van der Waals surface area contributed by atoms with Crippen molar-refractivity contribution in [3.8, 4) is 6.07 Å². The van der Waals surface area contributed by atoms with Gasteiger partial charge in [-0.3, -0.25) is 4.79 Å². The van der Waals surface area contributed by atoms with Crippen molar-refractivity contribution >= 4 is 11.7 Å². The molecule has 0 aliphatic heterocycles. The van der Waals surface area contributed by atoms with E-state index in [0.29, 0.717) is 5.69 Å². The number of nitrogens with one attached hydrogen (secondary N) is 1. The van der Waals surface area contributed by atoms with Crippen LogP contribution >= 0.6 is 0 Å². The van der Waals surface area contributed by atoms with Crippen molar-refractivity contribution in [2.45, 2.75) is 19.9 Å². The average molecular weight is 250 g/mol. The highest BCUT2D eigenvalue weighted by Gasteiger charge is 2.20. The molecule has 0 aliphatic carbocycles. The lowest BCUT2D eigenvalue weighted by Gasteiger charge is -2.20. The maximum Gasteiger partial charge on any atom is 0.310 e. The Kier molecular flexibility index (Phi) is 4.67. The Labute approximate surface area is 105 Å². The largest absolute Gasteiger partial charge is 0.469 e. The molecular weight excluding hydrogens is 235 g/mol. The van der Waals surface area contributed by atoms with E-state index >= 15 is 0 Å². The van der Waals surface area contributed by atoms with Gasteiger partial charge in [0.2, 0.25) is 0 Å². The summed E-state index contributed by atoms with van der Waals surface area (Å²) in [5.74, 6) is -1.22. The van der Waals surface area contributed by atoms with Gasteiger partial charge in [-0.15, -0.1) is 0 Å². The zero-order valence-corrected chi connectivity index (χ0v) is 10.5. The van der Waals surface area contributed by atoms with Crippen LogP contribution in [0.4, 0.5) is 10.1 Å². The Morgan fingerprint density at radius 3 is 2.72 bits per heavy atom. The van der Waals surface area contributed by atoms with E-state index in [-0.39, 0.29) is 23.5 Å². The van der Waals surface area contributed by atoms with Gasteiger partial charge >= 0.3 is 5.97 Å². The van der Waals surface area contributed by atoms with Crippen molar-refractivity contribution < 1.29 is 13.9 Å². The van der Waals surface area contributed by atoms with Crippen LogP contribution in [-0.4, -0.2) is 19.1 Å². The Balaban J connectivity index is 2.79. The molecule has 4 nitrogen and oxygen atoms in total. The lowest BCUT2D eigenvalue weighted by molar-refractivity contribution is -0.145. The molecule has 0 radical (unpaired) electrons. The van der Waals surface area contributed by atoms with Crippen LogP contribution in [0.1, 0.15) is 19.4 Å². The fourth-order valence-corrected chi connectivity index (χ4v) is 1.48. The second kappa shape index (κ2) is 6.01. The summed E-state index contributed by atoms with van der Waals surface area (Å²) in [6.07, 6.45) is 0. The van der Waals surface area contributed by atoms with Crippen molar-refractivity contribution in [1.29, 1.82) is 5.26 Å². The van der Waals surface area contributed by atoms with Crippen LogP contribution in [-0.2, 0) is 9.53 Å². The Bertz CT molecular complexity index is 482. The number of benzene rings is 1. The summed E-state index contributed by atoms with van der Waals surface area (Å²) in [6.45, 7) is 3.55. The third-order valence-corrected chi connectivity index (χ3v) is 2.80. The van der Waals surface area contributed by atoms with E-state index in [1.807, 2.05) is 6.92 Å². The van der Waals surface area contributed by atoms with Crippen LogP contribution in [0, 0.1) is 23.1 Å². The molecule has 1 rings (SSSR count). The minimum atomic E-state index is -0.559. The zero-order chi connectivity index (χ0) is 13.7. The molecule has 0 bridgehead atoms. The maximum absolute atomic E-state index is 13.1. The topological polar surface area (TPSA) is 62.1 Å². The molecule has 2 unspecified atom stereocenters. The SMILES string of the molecule is COC(=O)C(C)C(C)Nc1ccc(F)c(C#N)c1. The van der Waals surface area contributed by atoms with Crippen molar-refractivity contribution in [3.63, 3.8) is 0 Å². The maximum atomic E-state index is 13.1. The molecular formula is C13H15FN2O2. The van der Waals surface area contributed by atoms with Crippen LogP contribution in [0.2, 0.25) is 0 Å². The molecule has 0 amide bonds.